The van der Waals surface area contributed by atoms with Gasteiger partial charge >= 0.3 is 5.97 Å². The number of nitrogens with one attached hydrogen (secondary N) is 2. The van der Waals surface area contributed by atoms with E-state index in [1.165, 1.54) is 24.5 Å². The molecule has 7 nitrogen and oxygen atoms in total. The van der Waals surface area contributed by atoms with Gasteiger partial charge in [0.15, 0.2) is 5.11 Å². The molecule has 2 N–H and O–H groups in total. The number of esters is 1. The van der Waals surface area contributed by atoms with Crippen molar-refractivity contribution >= 4 is 51.0 Å². The summed E-state index contributed by atoms with van der Waals surface area (Å²) in [5.74, 6) is -0.496. The van der Waals surface area contributed by atoms with Crippen LogP contribution in [-0.4, -0.2) is 23.1 Å². The summed E-state index contributed by atoms with van der Waals surface area (Å²) in [7, 11) is 1.32. The second-order valence-electron chi connectivity index (χ2n) is 5.95. The Balaban J connectivity index is 1.95. The highest BCUT2D eigenvalue weighted by Gasteiger charge is 2.25. The van der Waals surface area contributed by atoms with Gasteiger partial charge in [-0.3, -0.25) is 10.1 Å². The van der Waals surface area contributed by atoms with Crippen molar-refractivity contribution in [2.75, 3.05) is 17.7 Å². The van der Waals surface area contributed by atoms with Gasteiger partial charge in [0.2, 0.25) is 0 Å². The van der Waals surface area contributed by atoms with E-state index in [2.05, 4.69) is 10.6 Å². The average molecular weight is 428 g/mol. The lowest BCUT2D eigenvalue weighted by atomic mass is 10.0. The maximum atomic E-state index is 12.5. The summed E-state index contributed by atoms with van der Waals surface area (Å²) in [5, 5.41) is 17.6. The van der Waals surface area contributed by atoms with Crippen molar-refractivity contribution in [1.29, 1.82) is 0 Å². The second kappa shape index (κ2) is 8.80. The molecule has 3 rings (SSSR count). The number of ether oxygens (including phenoxy) is 1. The number of nitro benzene ring substituents is 1. The lowest BCUT2D eigenvalue weighted by Crippen LogP contribution is -2.20. The largest absolute Gasteiger partial charge is 0.465 e. The van der Waals surface area contributed by atoms with Gasteiger partial charge in [0.25, 0.3) is 5.69 Å². The Kier molecular flexibility index (Phi) is 6.20. The van der Waals surface area contributed by atoms with Gasteiger partial charge in [0.1, 0.15) is 16.3 Å². The zero-order chi connectivity index (χ0) is 21.0. The fourth-order valence-electron chi connectivity index (χ4n) is 2.88. The van der Waals surface area contributed by atoms with E-state index in [1.54, 1.807) is 18.2 Å². The van der Waals surface area contributed by atoms with E-state index in [4.69, 9.17) is 17.0 Å². The molecular formula is C20H17N3O4S2. The Morgan fingerprint density at radius 2 is 1.76 bits per heavy atom. The monoisotopic (exact) mass is 427 g/mol. The predicted molar refractivity (Wildman–Crippen MR) is 119 cm³/mol. The van der Waals surface area contributed by atoms with Gasteiger partial charge in [-0.1, -0.05) is 42.5 Å². The average Bonchev–Trinajstić information content (AvgIpc) is 3.03. The molecule has 0 aliphatic heterocycles. The van der Waals surface area contributed by atoms with Crippen molar-refractivity contribution in [3.05, 3.63) is 75.2 Å². The van der Waals surface area contributed by atoms with Crippen molar-refractivity contribution in [2.45, 2.75) is 6.92 Å². The minimum atomic E-state index is -0.496. The van der Waals surface area contributed by atoms with Crippen LogP contribution in [0.15, 0.2) is 54.6 Å². The number of benzene rings is 2. The van der Waals surface area contributed by atoms with Crippen LogP contribution in [0.25, 0.3) is 11.1 Å². The molecule has 0 fully saturated rings. The maximum Gasteiger partial charge on any atom is 0.341 e. The molecule has 0 saturated heterocycles. The van der Waals surface area contributed by atoms with Crippen molar-refractivity contribution < 1.29 is 14.5 Å². The van der Waals surface area contributed by atoms with Crippen LogP contribution in [0.5, 0.6) is 0 Å². The summed E-state index contributed by atoms with van der Waals surface area (Å²) >= 11 is 6.68. The normalized spacial score (nSPS) is 10.3. The van der Waals surface area contributed by atoms with Gasteiger partial charge in [-0.05, 0) is 30.8 Å². The van der Waals surface area contributed by atoms with E-state index in [0.29, 0.717) is 10.6 Å². The first-order valence-corrected chi connectivity index (χ1v) is 9.73. The number of methoxy groups -OCH3 is 1. The highest BCUT2D eigenvalue weighted by Crippen LogP contribution is 2.40. The topological polar surface area (TPSA) is 93.5 Å². The summed E-state index contributed by atoms with van der Waals surface area (Å²) in [4.78, 5) is 24.1. The first-order chi connectivity index (χ1) is 13.9. The van der Waals surface area contributed by atoms with Crippen molar-refractivity contribution in [3.8, 4) is 11.1 Å². The molecule has 9 heteroatoms. The summed E-state index contributed by atoms with van der Waals surface area (Å²) in [5.41, 5.74) is 2.17. The first kappa shape index (κ1) is 20.4. The molecule has 3 aromatic rings. The number of nitrogens with zero attached hydrogens (tertiary/aromatic N) is 1. The molecule has 1 aromatic heterocycles. The third kappa shape index (κ3) is 4.41. The van der Waals surface area contributed by atoms with Gasteiger partial charge < -0.3 is 15.4 Å². The number of hydrogen-bond donors (Lipinski definition) is 2. The van der Waals surface area contributed by atoms with Crippen LogP contribution < -0.4 is 10.6 Å². The molecule has 0 atom stereocenters. The van der Waals surface area contributed by atoms with E-state index in [0.717, 1.165) is 16.0 Å². The number of carbonyl (C=O) groups is 1. The van der Waals surface area contributed by atoms with Crippen LogP contribution in [0.3, 0.4) is 0 Å². The molecule has 0 bridgehead atoms. The molecule has 0 saturated carbocycles. The fraction of sp³-hybridized carbons (Fsp3) is 0.100. The highest BCUT2D eigenvalue weighted by molar-refractivity contribution is 7.80. The Bertz CT molecular complexity index is 1080. The Morgan fingerprint density at radius 1 is 1.10 bits per heavy atom. The number of thiophene rings is 1. The van der Waals surface area contributed by atoms with Crippen molar-refractivity contribution in [2.24, 2.45) is 0 Å². The van der Waals surface area contributed by atoms with E-state index in [-0.39, 0.29) is 16.5 Å². The number of nitro groups is 1. The molecule has 0 radical (unpaired) electrons. The molecule has 0 amide bonds. The molecule has 2 aromatic carbocycles. The number of hydrogen-bond acceptors (Lipinski definition) is 6. The van der Waals surface area contributed by atoms with Crippen molar-refractivity contribution in [3.63, 3.8) is 0 Å². The molecule has 29 heavy (non-hydrogen) atoms. The number of carbonyl (C=O) groups excluding carboxylic acids is 1. The summed E-state index contributed by atoms with van der Waals surface area (Å²) in [6.07, 6.45) is 0. The predicted octanol–water partition coefficient (Wildman–Crippen LogP) is 5.23. The van der Waals surface area contributed by atoms with Crippen molar-refractivity contribution in [1.82, 2.24) is 0 Å². The lowest BCUT2D eigenvalue weighted by Gasteiger charge is -2.11. The van der Waals surface area contributed by atoms with Gasteiger partial charge in [-0.2, -0.15) is 0 Å². The minimum absolute atomic E-state index is 0.0998. The summed E-state index contributed by atoms with van der Waals surface area (Å²) < 4.78 is 4.98. The van der Waals surface area contributed by atoms with Gasteiger partial charge in [0, 0.05) is 16.5 Å². The van der Waals surface area contributed by atoms with E-state index >= 15 is 0 Å². The number of anilines is 2. The minimum Gasteiger partial charge on any atom is -0.465 e. The Labute approximate surface area is 176 Å². The van der Waals surface area contributed by atoms with Gasteiger partial charge in [-0.15, -0.1) is 11.3 Å². The zero-order valence-electron chi connectivity index (χ0n) is 15.6. The number of aryl methyl sites for hydroxylation is 1. The Morgan fingerprint density at radius 3 is 2.41 bits per heavy atom. The van der Waals surface area contributed by atoms with Crippen LogP contribution in [0, 0.1) is 17.0 Å². The molecule has 148 valence electrons. The Hall–Kier alpha value is -3.30. The van der Waals surface area contributed by atoms with Gasteiger partial charge in [0.05, 0.1) is 12.0 Å². The first-order valence-electron chi connectivity index (χ1n) is 8.51. The molecule has 0 spiro atoms. The van der Waals surface area contributed by atoms with E-state index in [1.807, 2.05) is 37.3 Å². The molecule has 0 aliphatic carbocycles. The van der Waals surface area contributed by atoms with E-state index < -0.39 is 10.9 Å². The molecule has 1 heterocycles. The van der Waals surface area contributed by atoms with Crippen LogP contribution in [0.4, 0.5) is 16.4 Å². The quantitative estimate of drug-likeness (QED) is 0.249. The van der Waals surface area contributed by atoms with Gasteiger partial charge in [-0.25, -0.2) is 4.79 Å². The third-order valence-corrected chi connectivity index (χ3v) is 5.34. The zero-order valence-corrected chi connectivity index (χ0v) is 17.2. The molecule has 0 unspecified atom stereocenters. The second-order valence-corrected chi connectivity index (χ2v) is 7.58. The van der Waals surface area contributed by atoms with E-state index in [9.17, 15) is 14.9 Å². The third-order valence-electron chi connectivity index (χ3n) is 4.11. The number of para-hydroxylation sites is 2. The molecular weight excluding hydrogens is 410 g/mol. The molecule has 0 aliphatic rings. The van der Waals surface area contributed by atoms with Crippen LogP contribution in [0.2, 0.25) is 0 Å². The summed E-state index contributed by atoms with van der Waals surface area (Å²) in [6, 6.07) is 15.7. The fourth-order valence-corrected chi connectivity index (χ4v) is 4.22. The van der Waals surface area contributed by atoms with Crippen LogP contribution >= 0.6 is 23.6 Å². The summed E-state index contributed by atoms with van der Waals surface area (Å²) in [6.45, 7) is 1.91. The number of rotatable bonds is 5. The lowest BCUT2D eigenvalue weighted by molar-refractivity contribution is -0.383. The number of thiocarbonyl (C=S) groups is 1. The highest BCUT2D eigenvalue weighted by atomic mass is 32.1. The smallest absolute Gasteiger partial charge is 0.341 e. The SMILES string of the molecule is COC(=O)c1c(NC(=S)Nc2ccccc2[N+](=O)[O-])sc(C)c1-c1ccccc1. The van der Waals surface area contributed by atoms with Crippen LogP contribution in [-0.2, 0) is 4.74 Å². The van der Waals surface area contributed by atoms with Crippen LogP contribution in [0.1, 0.15) is 15.2 Å². The maximum absolute atomic E-state index is 12.5. The standard InChI is InChI=1S/C20H17N3O4S2/c1-12-16(13-8-4-3-5-9-13)17(19(24)27-2)18(29-12)22-20(28)21-14-10-6-7-11-15(14)23(25)26/h3-11H,1-2H3,(H2,21,22,28).